The molecule has 0 aliphatic carbocycles. The molecule has 0 aromatic heterocycles. The summed E-state index contributed by atoms with van der Waals surface area (Å²) in [6.07, 6.45) is 0. The van der Waals surface area contributed by atoms with Crippen molar-refractivity contribution in [2.45, 2.75) is 18.4 Å². The fraction of sp³-hybridized carbons (Fsp3) is 0.143. The molecule has 0 amide bonds. The molecule has 0 saturated heterocycles. The lowest BCUT2D eigenvalue weighted by atomic mass is 10.2. The molecular weight excluding hydrogens is 382 g/mol. The molecule has 3 aromatic rings. The van der Waals surface area contributed by atoms with Crippen molar-refractivity contribution in [1.82, 2.24) is 0 Å². The van der Waals surface area contributed by atoms with E-state index in [1.54, 1.807) is 31.4 Å². The minimum atomic E-state index is -3.86. The van der Waals surface area contributed by atoms with Gasteiger partial charge < -0.3 is 4.74 Å². The first-order valence-electron chi connectivity index (χ1n) is 8.38. The molecule has 6 heteroatoms. The number of hydrogen-bond acceptors (Lipinski definition) is 3. The van der Waals surface area contributed by atoms with Crippen LogP contribution in [0, 0.1) is 6.92 Å². The second kappa shape index (κ2) is 8.03. The molecular formula is C21H20ClNO3S. The molecule has 3 rings (SSSR count). The van der Waals surface area contributed by atoms with Crippen LogP contribution in [0.1, 0.15) is 11.1 Å². The maximum atomic E-state index is 13.4. The quantitative estimate of drug-likeness (QED) is 0.580. The maximum absolute atomic E-state index is 13.4. The van der Waals surface area contributed by atoms with Crippen LogP contribution in [0.15, 0.2) is 77.7 Å². The van der Waals surface area contributed by atoms with Crippen LogP contribution < -0.4 is 9.04 Å². The second-order valence-electron chi connectivity index (χ2n) is 6.13. The highest BCUT2D eigenvalue weighted by molar-refractivity contribution is 7.93. The van der Waals surface area contributed by atoms with Gasteiger partial charge in [0.25, 0.3) is 10.0 Å². The van der Waals surface area contributed by atoms with E-state index < -0.39 is 10.0 Å². The zero-order valence-electron chi connectivity index (χ0n) is 15.1. The van der Waals surface area contributed by atoms with Crippen molar-refractivity contribution in [3.63, 3.8) is 0 Å². The van der Waals surface area contributed by atoms with Gasteiger partial charge >= 0.3 is 0 Å². The lowest BCUT2D eigenvalue weighted by Gasteiger charge is -2.25. The summed E-state index contributed by atoms with van der Waals surface area (Å²) < 4.78 is 33.5. The summed E-state index contributed by atoms with van der Waals surface area (Å²) in [6, 6.07) is 21.2. The van der Waals surface area contributed by atoms with Gasteiger partial charge in [-0.1, -0.05) is 48.0 Å². The van der Waals surface area contributed by atoms with E-state index in [2.05, 4.69) is 0 Å². The number of aryl methyl sites for hydroxylation is 1. The van der Waals surface area contributed by atoms with Crippen LogP contribution in [0.25, 0.3) is 0 Å². The highest BCUT2D eigenvalue weighted by Gasteiger charge is 2.27. The van der Waals surface area contributed by atoms with Crippen LogP contribution in [0.5, 0.6) is 5.75 Å². The van der Waals surface area contributed by atoms with Gasteiger partial charge in [0.15, 0.2) is 0 Å². The average Bonchev–Trinajstić information content (AvgIpc) is 2.66. The molecule has 0 radical (unpaired) electrons. The number of rotatable bonds is 6. The number of anilines is 1. The van der Waals surface area contributed by atoms with Crippen molar-refractivity contribution in [3.05, 3.63) is 88.9 Å². The second-order valence-corrected chi connectivity index (χ2v) is 8.37. The molecule has 0 spiro atoms. The normalized spacial score (nSPS) is 11.2. The fourth-order valence-electron chi connectivity index (χ4n) is 2.81. The lowest BCUT2D eigenvalue weighted by molar-refractivity contribution is 0.414. The predicted molar refractivity (Wildman–Crippen MR) is 109 cm³/mol. The summed E-state index contributed by atoms with van der Waals surface area (Å²) >= 11 is 6.20. The number of methoxy groups -OCH3 is 1. The van der Waals surface area contributed by atoms with Gasteiger partial charge in [-0.2, -0.15) is 0 Å². The first-order chi connectivity index (χ1) is 12.9. The Balaban J connectivity index is 2.11. The van der Waals surface area contributed by atoms with Crippen molar-refractivity contribution in [1.29, 1.82) is 0 Å². The molecule has 0 fully saturated rings. The molecule has 27 heavy (non-hydrogen) atoms. The molecule has 0 atom stereocenters. The van der Waals surface area contributed by atoms with Gasteiger partial charge in [0.1, 0.15) is 10.6 Å². The summed E-state index contributed by atoms with van der Waals surface area (Å²) in [4.78, 5) is 0.0797. The third-order valence-electron chi connectivity index (χ3n) is 4.15. The smallest absolute Gasteiger partial charge is 0.266 e. The van der Waals surface area contributed by atoms with E-state index in [0.29, 0.717) is 11.4 Å². The first-order valence-corrected chi connectivity index (χ1v) is 10.2. The van der Waals surface area contributed by atoms with E-state index in [9.17, 15) is 8.42 Å². The van der Waals surface area contributed by atoms with Gasteiger partial charge in [0.2, 0.25) is 0 Å². The van der Waals surface area contributed by atoms with E-state index in [1.165, 1.54) is 10.4 Å². The van der Waals surface area contributed by atoms with Crippen molar-refractivity contribution in [2.75, 3.05) is 11.4 Å². The Morgan fingerprint density at radius 1 is 0.963 bits per heavy atom. The molecule has 0 saturated carbocycles. The SMILES string of the molecule is COc1cccc(CN(c2cccc(C)c2)S(=O)(=O)c2ccccc2Cl)c1. The van der Waals surface area contributed by atoms with Crippen LogP contribution >= 0.6 is 11.6 Å². The minimum Gasteiger partial charge on any atom is -0.497 e. The highest BCUT2D eigenvalue weighted by Crippen LogP contribution is 2.30. The van der Waals surface area contributed by atoms with Crippen molar-refractivity contribution in [2.24, 2.45) is 0 Å². The van der Waals surface area contributed by atoms with E-state index in [0.717, 1.165) is 11.1 Å². The van der Waals surface area contributed by atoms with Gasteiger partial charge in [-0.15, -0.1) is 0 Å². The average molecular weight is 402 g/mol. The topological polar surface area (TPSA) is 46.6 Å². The number of hydrogen-bond donors (Lipinski definition) is 0. The summed E-state index contributed by atoms with van der Waals surface area (Å²) in [7, 11) is -2.28. The molecule has 4 nitrogen and oxygen atoms in total. The van der Waals surface area contributed by atoms with Gasteiger partial charge in [0, 0.05) is 0 Å². The lowest BCUT2D eigenvalue weighted by Crippen LogP contribution is -2.30. The fourth-order valence-corrected chi connectivity index (χ4v) is 4.75. The monoisotopic (exact) mass is 401 g/mol. The Labute approximate surface area is 165 Å². The van der Waals surface area contributed by atoms with E-state index >= 15 is 0 Å². The molecule has 0 heterocycles. The van der Waals surface area contributed by atoms with Crippen LogP contribution in [-0.2, 0) is 16.6 Å². The number of sulfonamides is 1. The van der Waals surface area contributed by atoms with Crippen molar-refractivity contribution >= 4 is 27.3 Å². The number of halogens is 1. The van der Waals surface area contributed by atoms with Gasteiger partial charge in [-0.25, -0.2) is 8.42 Å². The third-order valence-corrected chi connectivity index (χ3v) is 6.43. The first kappa shape index (κ1) is 19.3. The number of benzene rings is 3. The molecule has 0 aliphatic heterocycles. The van der Waals surface area contributed by atoms with Crippen molar-refractivity contribution in [3.8, 4) is 5.75 Å². The van der Waals surface area contributed by atoms with Gasteiger partial charge in [-0.05, 0) is 54.4 Å². The third kappa shape index (κ3) is 4.26. The molecule has 3 aromatic carbocycles. The Morgan fingerprint density at radius 3 is 2.41 bits per heavy atom. The van der Waals surface area contributed by atoms with E-state index in [4.69, 9.17) is 16.3 Å². The molecule has 0 aliphatic rings. The van der Waals surface area contributed by atoms with Gasteiger partial charge in [0.05, 0.1) is 24.4 Å². The van der Waals surface area contributed by atoms with E-state index in [-0.39, 0.29) is 16.5 Å². The van der Waals surface area contributed by atoms with E-state index in [1.807, 2.05) is 49.4 Å². The zero-order chi connectivity index (χ0) is 19.4. The van der Waals surface area contributed by atoms with Crippen LogP contribution in [0.4, 0.5) is 5.69 Å². The van der Waals surface area contributed by atoms with Gasteiger partial charge in [-0.3, -0.25) is 4.31 Å². The summed E-state index contributed by atoms with van der Waals surface area (Å²) in [5.41, 5.74) is 2.36. The Bertz CT molecular complexity index is 1050. The number of nitrogens with zero attached hydrogens (tertiary/aromatic N) is 1. The minimum absolute atomic E-state index is 0.0797. The molecule has 0 N–H and O–H groups in total. The zero-order valence-corrected chi connectivity index (χ0v) is 16.7. The Morgan fingerprint density at radius 2 is 1.70 bits per heavy atom. The highest BCUT2D eigenvalue weighted by atomic mass is 35.5. The Hall–Kier alpha value is -2.50. The summed E-state index contributed by atoms with van der Waals surface area (Å²) in [6.45, 7) is 2.09. The van der Waals surface area contributed by atoms with Crippen LogP contribution in [-0.4, -0.2) is 15.5 Å². The summed E-state index contributed by atoms with van der Waals surface area (Å²) in [5, 5.41) is 0.195. The predicted octanol–water partition coefficient (Wildman–Crippen LogP) is 5.05. The molecule has 0 unspecified atom stereocenters. The summed E-state index contributed by atoms with van der Waals surface area (Å²) in [5.74, 6) is 0.673. The Kier molecular flexibility index (Phi) is 5.73. The van der Waals surface area contributed by atoms with Crippen LogP contribution in [0.2, 0.25) is 5.02 Å². The standard InChI is InChI=1S/C21H20ClNO3S/c1-16-7-5-9-18(13-16)23(15-17-8-6-10-19(14-17)26-2)27(24,25)21-12-4-3-11-20(21)22/h3-14H,15H2,1-2H3. The largest absolute Gasteiger partial charge is 0.497 e. The molecule has 140 valence electrons. The maximum Gasteiger partial charge on any atom is 0.266 e. The number of ether oxygens (including phenoxy) is 1. The molecule has 0 bridgehead atoms. The van der Waals surface area contributed by atoms with Crippen LogP contribution in [0.3, 0.4) is 0 Å². The van der Waals surface area contributed by atoms with Crippen molar-refractivity contribution < 1.29 is 13.2 Å².